The smallest absolute Gasteiger partial charge is 0.407 e. The van der Waals surface area contributed by atoms with E-state index in [0.717, 1.165) is 85.9 Å². The Kier molecular flexibility index (Phi) is 41.9. The van der Waals surface area contributed by atoms with E-state index in [1.54, 1.807) is 0 Å². The van der Waals surface area contributed by atoms with Gasteiger partial charge >= 0.3 is 18.3 Å². The van der Waals surface area contributed by atoms with Gasteiger partial charge in [0.2, 0.25) is 19.1 Å². The second-order valence-corrected chi connectivity index (χ2v) is 50.0. The Morgan fingerprint density at radius 2 is 0.689 bits per heavy atom. The monoisotopic (exact) mass is 1900 g/mol. The van der Waals surface area contributed by atoms with E-state index in [2.05, 4.69) is 87.1 Å². The van der Waals surface area contributed by atoms with Gasteiger partial charge in [0.05, 0.1) is 6.04 Å². The number of allylic oxidation sites excluding steroid dienone is 2. The lowest BCUT2D eigenvalue weighted by molar-refractivity contribution is -0.251. The van der Waals surface area contributed by atoms with Gasteiger partial charge in [0.15, 0.2) is 0 Å². The number of rotatable bonds is 37. The van der Waals surface area contributed by atoms with Gasteiger partial charge in [-0.3, -0.25) is 28.8 Å². The third-order valence-corrected chi connectivity index (χ3v) is 29.8. The summed E-state index contributed by atoms with van der Waals surface area (Å²) in [4.78, 5) is 88.2. The number of nitrogens with one attached hydrogen (secondary N) is 6. The van der Waals surface area contributed by atoms with Crippen LogP contribution >= 0.6 is 7.29 Å². The fraction of sp³-hybridized carbons (Fsp3) is 0.679. The average Bonchev–Trinajstić information content (AvgIpc) is 1.78. The molecule has 0 radical (unpaired) electrons. The number of hydrogen-bond donors (Lipinski definition) is 10. The lowest BCUT2D eigenvalue weighted by atomic mass is 9.73. The first-order chi connectivity index (χ1) is 62.6. The van der Waals surface area contributed by atoms with Crippen molar-refractivity contribution >= 4 is 59.6 Å². The van der Waals surface area contributed by atoms with Crippen LogP contribution in [0, 0.1) is 59.2 Å². The molecule has 8 atom stereocenters. The first-order valence-corrected chi connectivity index (χ1v) is 51.7. The molecule has 25 nitrogen and oxygen atoms in total. The second kappa shape index (κ2) is 49.4. The molecule has 10 rings (SSSR count). The normalized spacial score (nSPS) is 22.5. The third-order valence-electron chi connectivity index (χ3n) is 27.0. The average molecular weight is 1900 g/mol. The van der Waals surface area contributed by atoms with Crippen LogP contribution in [0.4, 0.5) is 14.4 Å². The van der Waals surface area contributed by atoms with Crippen molar-refractivity contribution in [3.8, 4) is 0 Å². The number of benzene rings is 4. The molecule has 0 spiro atoms. The number of piperidine rings is 4. The summed E-state index contributed by atoms with van der Waals surface area (Å²) in [5.74, 6) is 3.84. The SMILES string of the molecule is CC(C)CC(/C=C\CC(=O)CC1CC(C)(C)N(O)C(C)(C)C1)NC(=O)OCc1ccccc1.CC(C)CC(/C=C\CC(=O)CC1CC(C)(C)N(O)C(C)(C)C1)NP(=O)(c1ccccc1)c1ccccc1.CC(C)CC(NC(=O)OC(C)(C)C)C1CC1CC(=O)NC1CC(C)(C)N(O)C(C)(C)C1.CC(C)CC(NC(=O)OCc1ccccc1)C1CC1CC(=O)NC1CC(C)(C)N(O)C(C)(C)C1. The maximum atomic E-state index is 14.5. The largest absolute Gasteiger partial charge is 0.445 e. The van der Waals surface area contributed by atoms with Crippen molar-refractivity contribution in [3.05, 3.63) is 157 Å². The highest BCUT2D eigenvalue weighted by atomic mass is 31.2. The van der Waals surface area contributed by atoms with Crippen LogP contribution in [-0.4, -0.2) is 169 Å². The van der Waals surface area contributed by atoms with Gasteiger partial charge in [-0.25, -0.2) is 14.4 Å². The summed E-state index contributed by atoms with van der Waals surface area (Å²) < 4.78 is 30.7. The summed E-state index contributed by atoms with van der Waals surface area (Å²) in [5, 5.41) is 68.2. The maximum Gasteiger partial charge on any atom is 0.407 e. The van der Waals surface area contributed by atoms with Crippen LogP contribution in [0.25, 0.3) is 0 Å². The Hall–Kier alpha value is -7.68. The molecule has 6 fully saturated rings. The lowest BCUT2D eigenvalue weighted by Crippen LogP contribution is -2.63. The molecule has 135 heavy (non-hydrogen) atoms. The highest BCUT2D eigenvalue weighted by Crippen LogP contribution is 2.49. The molecule has 2 saturated carbocycles. The van der Waals surface area contributed by atoms with E-state index in [1.165, 1.54) is 20.3 Å². The number of hydroxylamine groups is 8. The fourth-order valence-corrected chi connectivity index (χ4v) is 24.2. The van der Waals surface area contributed by atoms with Crippen LogP contribution in [0.15, 0.2) is 146 Å². The summed E-state index contributed by atoms with van der Waals surface area (Å²) >= 11 is 0. The van der Waals surface area contributed by atoms with Crippen molar-refractivity contribution in [2.75, 3.05) is 0 Å². The van der Waals surface area contributed by atoms with Crippen molar-refractivity contribution in [2.24, 2.45) is 59.2 Å². The Balaban J connectivity index is 0.000000246. The van der Waals surface area contributed by atoms with E-state index in [0.29, 0.717) is 99.7 Å². The Labute approximate surface area is 810 Å². The summed E-state index contributed by atoms with van der Waals surface area (Å²) in [7, 11) is -3.08. The molecule has 6 aliphatic rings. The molecule has 4 saturated heterocycles. The molecule has 26 heteroatoms. The van der Waals surface area contributed by atoms with E-state index in [1.807, 2.05) is 277 Å². The summed E-state index contributed by atoms with van der Waals surface area (Å²) in [5.41, 5.74) is -1.61. The number of nitrogens with zero attached hydrogens (tertiary/aromatic N) is 4. The van der Waals surface area contributed by atoms with Gasteiger partial charge in [-0.2, -0.15) is 20.3 Å². The Morgan fingerprint density at radius 1 is 0.400 bits per heavy atom. The van der Waals surface area contributed by atoms with Gasteiger partial charge in [-0.15, -0.1) is 0 Å². The molecular formula is C109H175N10O15P. The molecule has 4 aliphatic heterocycles. The van der Waals surface area contributed by atoms with Gasteiger partial charge in [-0.05, 0) is 316 Å². The highest BCUT2D eigenvalue weighted by Gasteiger charge is 2.52. The van der Waals surface area contributed by atoms with Gasteiger partial charge in [0.25, 0.3) is 0 Å². The van der Waals surface area contributed by atoms with E-state index in [-0.39, 0.29) is 136 Å². The predicted molar refractivity (Wildman–Crippen MR) is 539 cm³/mol. The summed E-state index contributed by atoms with van der Waals surface area (Å²) in [6, 6.07) is 38.2. The number of carbonyl (C=O) groups is 7. The topological polar surface area (TPSA) is 330 Å². The number of Topliss-reactive ketones (excluding diaryl/α,β-unsaturated/α-hetero) is 2. The van der Waals surface area contributed by atoms with Crippen LogP contribution < -0.4 is 42.3 Å². The molecule has 4 aromatic carbocycles. The highest BCUT2D eigenvalue weighted by molar-refractivity contribution is 7.77. The van der Waals surface area contributed by atoms with Gasteiger partial charge < -0.3 is 61.6 Å². The van der Waals surface area contributed by atoms with Crippen molar-refractivity contribution in [3.63, 3.8) is 0 Å². The van der Waals surface area contributed by atoms with Crippen LogP contribution in [0.2, 0.25) is 0 Å². The van der Waals surface area contributed by atoms with Crippen LogP contribution in [0.3, 0.4) is 0 Å². The standard InChI is InChI=1S/C31H45N2O3P.C27H43N3O4.C27H42N2O4.C24H45N3O4/c1-24(2)20-26(32-37(36,28-16-9-7-10-17-28)29-18-11-8-12-19-29)14-13-15-27(34)21-25-22-30(3,4)33(35)31(5,6)23-25;1-18(2)12-23(29-25(32)34-17-19-10-8-7-9-11-19)22-13-20(22)14-24(31)28-21-15-26(3,4)30(33)27(5,6)16-21;1-20(2)15-23(28-25(31)33-19-21-11-8-7-9-12-21)13-10-14-24(30)16-22-17-26(3,4)29(32)27(5,6)18-22;1-15(2)10-19(26-21(29)31-22(3,4)5)18-11-16(18)12-20(28)25-17-13-23(6,7)27(30)24(8,9)14-17/h7-14,16-19,24-26,35H,15,20-23H2,1-6H3,(H,32,36);7-11,18,20-23,33H,12-17H2,1-6H3,(H,28,31)(H,29,32);7-13,20,22-23,32H,14-19H2,1-6H3,(H,28,31);15-19,30H,10-14H2,1-9H3,(H,25,28)(H,26,29)/b14-13-;;13-10-;. The molecule has 0 bridgehead atoms. The number of amides is 5. The van der Waals surface area contributed by atoms with Crippen molar-refractivity contribution in [2.45, 2.75) is 415 Å². The minimum Gasteiger partial charge on any atom is -0.445 e. The number of ether oxygens (including phenoxy) is 3. The van der Waals surface area contributed by atoms with Gasteiger partial charge in [-0.1, -0.05) is 177 Å². The van der Waals surface area contributed by atoms with Crippen molar-refractivity contribution in [1.82, 2.24) is 51.9 Å². The molecule has 756 valence electrons. The molecule has 5 amide bonds. The van der Waals surface area contributed by atoms with E-state index < -0.39 is 36.2 Å². The molecule has 0 aromatic heterocycles. The zero-order valence-corrected chi connectivity index (χ0v) is 88.1. The zero-order chi connectivity index (χ0) is 101. The van der Waals surface area contributed by atoms with Crippen molar-refractivity contribution in [1.29, 1.82) is 0 Å². The Morgan fingerprint density at radius 3 is 1.01 bits per heavy atom. The molecule has 10 N–H and O–H groups in total. The number of alkyl carbamates (subject to hydrolysis) is 3. The second-order valence-electron chi connectivity index (χ2n) is 47.5. The van der Waals surface area contributed by atoms with E-state index in [9.17, 15) is 59.0 Å². The minimum absolute atomic E-state index is 0.0107. The van der Waals surface area contributed by atoms with E-state index >= 15 is 0 Å². The Bertz CT molecular complexity index is 4400. The number of carbonyl (C=O) groups excluding carboxylic acids is 7. The molecule has 4 heterocycles. The van der Waals surface area contributed by atoms with Gasteiger partial charge in [0.1, 0.15) is 30.4 Å². The van der Waals surface area contributed by atoms with Crippen LogP contribution in [0.1, 0.15) is 326 Å². The number of ketones is 2. The fourth-order valence-electron chi connectivity index (χ4n) is 21.7. The molecule has 4 aromatic rings. The predicted octanol–water partition coefficient (Wildman–Crippen LogP) is 21.7. The quantitative estimate of drug-likeness (QED) is 0.0114. The maximum absolute atomic E-state index is 14.5. The third kappa shape index (κ3) is 37.5. The molecular weight excluding hydrogens is 1720 g/mol. The minimum atomic E-state index is -3.08. The summed E-state index contributed by atoms with van der Waals surface area (Å²) in [6.45, 7) is 55.4. The van der Waals surface area contributed by atoms with Gasteiger partial charge in [0, 0.05) is 124 Å². The zero-order valence-electron chi connectivity index (χ0n) is 87.2. The van der Waals surface area contributed by atoms with E-state index in [4.69, 9.17) is 14.2 Å². The van der Waals surface area contributed by atoms with Crippen LogP contribution in [-0.2, 0) is 51.2 Å². The lowest BCUT2D eigenvalue weighted by Gasteiger charge is -2.51. The first kappa shape index (κ1) is 114. The summed E-state index contributed by atoms with van der Waals surface area (Å²) in [6.07, 6.45) is 20.4. The number of hydrogen-bond acceptors (Lipinski definition) is 19. The molecule has 2 aliphatic carbocycles. The first-order valence-electron chi connectivity index (χ1n) is 49.9. The van der Waals surface area contributed by atoms with Crippen LogP contribution in [0.5, 0.6) is 0 Å². The molecule has 8 unspecified atom stereocenters. The van der Waals surface area contributed by atoms with Crippen molar-refractivity contribution < 1.29 is 73.2 Å².